The van der Waals surface area contributed by atoms with Gasteiger partial charge < -0.3 is 19.7 Å². The average molecular weight is 487 g/mol. The number of carbonyl (C=O) groups excluding carboxylic acids is 1. The normalized spacial score (nSPS) is 51.4. The van der Waals surface area contributed by atoms with Crippen molar-refractivity contribution in [2.45, 2.75) is 135 Å². The standard InChI is InChI=1S/C30H46O5/c1-16-14-19(24(31)27(4,5)33)34-23-22(16)28(6)12-10-17-15-30-13-11-21(35-30)26(2,3)20(30)9-8-18(17)29(28,7)25(23)32/h16,19-24,31,33H,8-15H2,1-7H3/t16-,19-,20+,21+,22+,23-,24-,28-,29-,30+/m1/s1. The predicted molar refractivity (Wildman–Crippen MR) is 134 cm³/mol. The van der Waals surface area contributed by atoms with Crippen LogP contribution in [-0.4, -0.2) is 51.6 Å². The van der Waals surface area contributed by atoms with E-state index in [1.165, 1.54) is 17.6 Å². The lowest BCUT2D eigenvalue weighted by Crippen LogP contribution is -2.53. The van der Waals surface area contributed by atoms with E-state index in [-0.39, 0.29) is 34.1 Å². The van der Waals surface area contributed by atoms with Crippen LogP contribution in [0.15, 0.2) is 11.1 Å². The maximum Gasteiger partial charge on any atom is 0.172 e. The van der Waals surface area contributed by atoms with E-state index in [0.717, 1.165) is 38.5 Å². The Bertz CT molecular complexity index is 976. The molecular weight excluding hydrogens is 440 g/mol. The van der Waals surface area contributed by atoms with Crippen LogP contribution in [0.2, 0.25) is 0 Å². The largest absolute Gasteiger partial charge is 0.388 e. The molecule has 3 saturated heterocycles. The van der Waals surface area contributed by atoms with E-state index < -0.39 is 29.3 Å². The Balaban J connectivity index is 1.38. The molecule has 6 aliphatic rings. The van der Waals surface area contributed by atoms with Crippen LogP contribution in [0.5, 0.6) is 0 Å². The lowest BCUT2D eigenvalue weighted by molar-refractivity contribution is -0.190. The highest BCUT2D eigenvalue weighted by Crippen LogP contribution is 2.71. The third-order valence-electron chi connectivity index (χ3n) is 12.3. The summed E-state index contributed by atoms with van der Waals surface area (Å²) in [6.45, 7) is 14.8. The van der Waals surface area contributed by atoms with Gasteiger partial charge in [0.15, 0.2) is 5.78 Å². The Hall–Kier alpha value is -0.750. The van der Waals surface area contributed by atoms with Gasteiger partial charge in [-0.15, -0.1) is 0 Å². The van der Waals surface area contributed by atoms with Crippen molar-refractivity contribution in [2.24, 2.45) is 34.0 Å². The summed E-state index contributed by atoms with van der Waals surface area (Å²) in [5.41, 5.74) is 1.11. The number of hydrogen-bond acceptors (Lipinski definition) is 5. The molecule has 0 unspecified atom stereocenters. The summed E-state index contributed by atoms with van der Waals surface area (Å²) in [6, 6.07) is 0. The van der Waals surface area contributed by atoms with Gasteiger partial charge in [-0.1, -0.05) is 38.8 Å². The number of ether oxygens (including phenoxy) is 2. The van der Waals surface area contributed by atoms with Gasteiger partial charge >= 0.3 is 0 Å². The molecule has 196 valence electrons. The third-order valence-corrected chi connectivity index (χ3v) is 12.3. The number of hydrogen-bond donors (Lipinski definition) is 2. The van der Waals surface area contributed by atoms with Crippen LogP contribution in [0, 0.1) is 34.0 Å². The highest BCUT2D eigenvalue weighted by Gasteiger charge is 2.71. The van der Waals surface area contributed by atoms with E-state index in [9.17, 15) is 15.0 Å². The maximum absolute atomic E-state index is 14.4. The molecule has 0 aromatic heterocycles. The number of aliphatic hydroxyl groups is 2. The van der Waals surface area contributed by atoms with Gasteiger partial charge in [-0.05, 0) is 94.8 Å². The molecule has 0 aromatic carbocycles. The number of carbonyl (C=O) groups is 1. The van der Waals surface area contributed by atoms with Gasteiger partial charge in [-0.25, -0.2) is 0 Å². The van der Waals surface area contributed by atoms with Crippen LogP contribution in [0.4, 0.5) is 0 Å². The van der Waals surface area contributed by atoms with Crippen molar-refractivity contribution in [2.75, 3.05) is 0 Å². The molecule has 5 nitrogen and oxygen atoms in total. The predicted octanol–water partition coefficient (Wildman–Crippen LogP) is 4.97. The third kappa shape index (κ3) is 2.93. The lowest BCUT2D eigenvalue weighted by atomic mass is 9.52. The molecule has 3 heterocycles. The number of allylic oxidation sites excluding steroid dienone is 1. The van der Waals surface area contributed by atoms with Crippen LogP contribution < -0.4 is 0 Å². The minimum atomic E-state index is -1.26. The summed E-state index contributed by atoms with van der Waals surface area (Å²) in [7, 11) is 0. The van der Waals surface area contributed by atoms with Crippen molar-refractivity contribution in [1.82, 2.24) is 0 Å². The van der Waals surface area contributed by atoms with E-state index in [1.807, 2.05) is 0 Å². The van der Waals surface area contributed by atoms with E-state index >= 15 is 0 Å². The Morgan fingerprint density at radius 1 is 1.09 bits per heavy atom. The van der Waals surface area contributed by atoms with Crippen molar-refractivity contribution in [1.29, 1.82) is 0 Å². The molecule has 3 aliphatic carbocycles. The fraction of sp³-hybridized carbons (Fsp3) is 0.900. The molecule has 4 fully saturated rings. The fourth-order valence-corrected chi connectivity index (χ4v) is 10.3. The van der Waals surface area contributed by atoms with Gasteiger partial charge in [0.25, 0.3) is 0 Å². The summed E-state index contributed by atoms with van der Waals surface area (Å²) in [6.07, 6.45) is 6.50. The average Bonchev–Trinajstić information content (AvgIpc) is 3.27. The quantitative estimate of drug-likeness (QED) is 0.539. The fourth-order valence-electron chi connectivity index (χ4n) is 10.3. The van der Waals surface area contributed by atoms with Gasteiger partial charge in [0.2, 0.25) is 0 Å². The lowest BCUT2D eigenvalue weighted by Gasteiger charge is -2.52. The van der Waals surface area contributed by atoms with Gasteiger partial charge in [0.1, 0.15) is 12.2 Å². The van der Waals surface area contributed by atoms with Crippen molar-refractivity contribution in [3.05, 3.63) is 11.1 Å². The smallest absolute Gasteiger partial charge is 0.172 e. The molecule has 1 spiro atoms. The number of Topliss-reactive ketones (excluding diaryl/α,β-unsaturated/α-hetero) is 1. The topological polar surface area (TPSA) is 76.0 Å². The van der Waals surface area contributed by atoms with Crippen LogP contribution >= 0.6 is 0 Å². The first-order chi connectivity index (χ1) is 16.2. The molecule has 1 saturated carbocycles. The highest BCUT2D eigenvalue weighted by molar-refractivity contribution is 5.96. The van der Waals surface area contributed by atoms with Crippen molar-refractivity contribution in [3.63, 3.8) is 0 Å². The second-order valence-corrected chi connectivity index (χ2v) is 14.7. The first-order valence-electron chi connectivity index (χ1n) is 14.2. The van der Waals surface area contributed by atoms with Gasteiger partial charge in [-0.2, -0.15) is 0 Å². The number of fused-ring (bicyclic) bond motifs is 5. The molecule has 10 atom stereocenters. The van der Waals surface area contributed by atoms with E-state index in [4.69, 9.17) is 9.47 Å². The monoisotopic (exact) mass is 486 g/mol. The second-order valence-electron chi connectivity index (χ2n) is 14.7. The van der Waals surface area contributed by atoms with Crippen LogP contribution in [0.25, 0.3) is 0 Å². The van der Waals surface area contributed by atoms with Gasteiger partial charge in [0, 0.05) is 5.92 Å². The molecule has 0 amide bonds. The summed E-state index contributed by atoms with van der Waals surface area (Å²) in [5.74, 6) is 1.15. The molecule has 2 bridgehead atoms. The summed E-state index contributed by atoms with van der Waals surface area (Å²) < 4.78 is 13.3. The van der Waals surface area contributed by atoms with Crippen molar-refractivity contribution < 1.29 is 24.5 Å². The van der Waals surface area contributed by atoms with Crippen LogP contribution in [0.3, 0.4) is 0 Å². The maximum atomic E-state index is 14.4. The molecule has 5 heteroatoms. The SMILES string of the molecule is C[C@@H]1C[C@H]([C@@H](O)C(C)(C)O)O[C@H]2C(=O)[C@@]3(C)C4=C(CC[C@]3(C)[C@@H]12)C[C@]12CC[C@H](O1)C(C)(C)[C@@H]2CC4. The molecule has 6 rings (SSSR count). The number of aliphatic hydroxyl groups excluding tert-OH is 1. The second kappa shape index (κ2) is 7.21. The number of ketones is 1. The molecule has 0 aromatic rings. The summed E-state index contributed by atoms with van der Waals surface area (Å²) >= 11 is 0. The Kier molecular flexibility index (Phi) is 5.06. The Morgan fingerprint density at radius 2 is 1.80 bits per heavy atom. The van der Waals surface area contributed by atoms with E-state index in [0.29, 0.717) is 18.4 Å². The minimum absolute atomic E-state index is 0.0323. The van der Waals surface area contributed by atoms with Crippen LogP contribution in [-0.2, 0) is 14.3 Å². The Morgan fingerprint density at radius 3 is 2.49 bits per heavy atom. The first kappa shape index (κ1) is 24.6. The first-order valence-corrected chi connectivity index (χ1v) is 14.2. The van der Waals surface area contributed by atoms with E-state index in [2.05, 4.69) is 34.6 Å². The summed E-state index contributed by atoms with van der Waals surface area (Å²) in [5, 5.41) is 21.3. The zero-order valence-corrected chi connectivity index (χ0v) is 22.8. The molecule has 0 radical (unpaired) electrons. The zero-order chi connectivity index (χ0) is 25.3. The van der Waals surface area contributed by atoms with E-state index in [1.54, 1.807) is 13.8 Å². The van der Waals surface area contributed by atoms with Crippen molar-refractivity contribution >= 4 is 5.78 Å². The molecule has 3 aliphatic heterocycles. The molecule has 2 N–H and O–H groups in total. The van der Waals surface area contributed by atoms with Gasteiger partial charge in [0.05, 0.1) is 28.8 Å². The molecular formula is C30H46O5. The van der Waals surface area contributed by atoms with Gasteiger partial charge in [-0.3, -0.25) is 4.79 Å². The Labute approximate surface area is 211 Å². The highest BCUT2D eigenvalue weighted by atomic mass is 16.5. The van der Waals surface area contributed by atoms with Crippen molar-refractivity contribution in [3.8, 4) is 0 Å². The molecule has 35 heavy (non-hydrogen) atoms. The summed E-state index contributed by atoms with van der Waals surface area (Å²) in [4.78, 5) is 14.4. The number of rotatable bonds is 2. The minimum Gasteiger partial charge on any atom is -0.388 e. The zero-order valence-electron chi connectivity index (χ0n) is 22.8. The van der Waals surface area contributed by atoms with Crippen LogP contribution in [0.1, 0.15) is 99.8 Å².